The molecule has 0 atom stereocenters. The van der Waals surface area contributed by atoms with E-state index in [4.69, 9.17) is 0 Å². The lowest BCUT2D eigenvalue weighted by Crippen LogP contribution is -2.01. The minimum atomic E-state index is 0.160. The molecule has 7 rings (SSSR count). The topological polar surface area (TPSA) is 17.1 Å². The molecule has 1 nitrogen and oxygen atoms in total. The van der Waals surface area contributed by atoms with Crippen LogP contribution < -0.4 is 0 Å². The van der Waals surface area contributed by atoms with Crippen LogP contribution in [0.1, 0.15) is 32.6 Å². The van der Waals surface area contributed by atoms with Crippen molar-refractivity contribution >= 4 is 16.6 Å². The van der Waals surface area contributed by atoms with Crippen LogP contribution in [0.4, 0.5) is 0 Å². The average molecular weight is 423 g/mol. The van der Waals surface area contributed by atoms with Gasteiger partial charge in [0.1, 0.15) is 0 Å². The summed E-state index contributed by atoms with van der Waals surface area (Å²) in [5, 5.41) is 2.58. The fraction of sp³-hybridized carbons (Fsp3) is 0.0938. The van der Waals surface area contributed by atoms with E-state index < -0.39 is 0 Å². The number of ketones is 1. The molecular formula is C32H22O. The molecule has 156 valence electrons. The van der Waals surface area contributed by atoms with Crippen molar-refractivity contribution in [3.63, 3.8) is 0 Å². The molecular weight excluding hydrogens is 400 g/mol. The third kappa shape index (κ3) is 2.24. The molecule has 5 aromatic rings. The number of hydrogen-bond donors (Lipinski definition) is 0. The Labute approximate surface area is 193 Å². The summed E-state index contributed by atoms with van der Waals surface area (Å²) in [5.74, 6) is 0.160. The van der Waals surface area contributed by atoms with E-state index in [1.807, 2.05) is 18.2 Å². The standard InChI is InChI=1S/C32H22O/c1-17-11-13-20(14-12-17)21-15-16-26-29-19(3)30-27(23-7-4-5-8-24(23)32(30)33)18(2)28(29)25-10-6-9-22(21)31(25)26/h4-16H,1-3H3. The predicted molar refractivity (Wildman–Crippen MR) is 137 cm³/mol. The van der Waals surface area contributed by atoms with Gasteiger partial charge in [-0.1, -0.05) is 84.4 Å². The highest BCUT2D eigenvalue weighted by molar-refractivity contribution is 6.28. The predicted octanol–water partition coefficient (Wildman–Crippen LogP) is 8.29. The minimum Gasteiger partial charge on any atom is -0.289 e. The van der Waals surface area contributed by atoms with E-state index in [-0.39, 0.29) is 5.78 Å². The highest BCUT2D eigenvalue weighted by atomic mass is 16.1. The molecule has 2 aliphatic rings. The Hall–Kier alpha value is -3.97. The van der Waals surface area contributed by atoms with Gasteiger partial charge in [-0.05, 0) is 87.2 Å². The second-order valence-electron chi connectivity index (χ2n) is 9.38. The van der Waals surface area contributed by atoms with Gasteiger partial charge in [-0.2, -0.15) is 0 Å². The van der Waals surface area contributed by atoms with Crippen molar-refractivity contribution in [2.24, 2.45) is 0 Å². The van der Waals surface area contributed by atoms with Gasteiger partial charge >= 0.3 is 0 Å². The Morgan fingerprint density at radius 2 is 1.06 bits per heavy atom. The van der Waals surface area contributed by atoms with E-state index in [1.165, 1.54) is 55.3 Å². The number of hydrogen-bond acceptors (Lipinski definition) is 1. The monoisotopic (exact) mass is 422 g/mol. The van der Waals surface area contributed by atoms with Crippen LogP contribution in [-0.4, -0.2) is 5.78 Å². The summed E-state index contributed by atoms with van der Waals surface area (Å²) < 4.78 is 0. The summed E-state index contributed by atoms with van der Waals surface area (Å²) >= 11 is 0. The molecule has 0 heterocycles. The zero-order valence-electron chi connectivity index (χ0n) is 18.9. The van der Waals surface area contributed by atoms with Gasteiger partial charge in [-0.3, -0.25) is 4.79 Å². The summed E-state index contributed by atoms with van der Waals surface area (Å²) in [6.07, 6.45) is 0. The maximum absolute atomic E-state index is 13.4. The zero-order chi connectivity index (χ0) is 22.4. The molecule has 0 aromatic heterocycles. The fourth-order valence-electron chi connectivity index (χ4n) is 6.14. The van der Waals surface area contributed by atoms with Crippen LogP contribution in [0.15, 0.2) is 78.9 Å². The molecule has 0 fully saturated rings. The van der Waals surface area contributed by atoms with Crippen LogP contribution >= 0.6 is 0 Å². The van der Waals surface area contributed by atoms with Crippen molar-refractivity contribution < 1.29 is 4.79 Å². The SMILES string of the molecule is Cc1ccc(-c2ccc3c4c(cccc24)-c2c(C)c4c(c(C)c2-3)C(=O)c2ccccc2-4)cc1. The van der Waals surface area contributed by atoms with Gasteiger partial charge in [0.2, 0.25) is 0 Å². The zero-order valence-corrected chi connectivity index (χ0v) is 18.9. The van der Waals surface area contributed by atoms with Crippen molar-refractivity contribution in [3.05, 3.63) is 107 Å². The van der Waals surface area contributed by atoms with Gasteiger partial charge in [-0.15, -0.1) is 0 Å². The molecule has 2 aliphatic carbocycles. The first kappa shape index (κ1) is 18.6. The molecule has 0 aliphatic heterocycles. The van der Waals surface area contributed by atoms with Crippen LogP contribution in [-0.2, 0) is 0 Å². The highest BCUT2D eigenvalue weighted by Gasteiger charge is 2.36. The molecule has 33 heavy (non-hydrogen) atoms. The van der Waals surface area contributed by atoms with Crippen molar-refractivity contribution in [2.45, 2.75) is 20.8 Å². The highest BCUT2D eigenvalue weighted by Crippen LogP contribution is 2.56. The lowest BCUT2D eigenvalue weighted by molar-refractivity contribution is 0.104. The Morgan fingerprint density at radius 1 is 0.485 bits per heavy atom. The van der Waals surface area contributed by atoms with Gasteiger partial charge in [0.25, 0.3) is 0 Å². The molecule has 0 N–H and O–H groups in total. The van der Waals surface area contributed by atoms with Crippen LogP contribution in [0, 0.1) is 20.8 Å². The second-order valence-corrected chi connectivity index (χ2v) is 9.38. The summed E-state index contributed by atoms with van der Waals surface area (Å²) in [7, 11) is 0. The minimum absolute atomic E-state index is 0.160. The lowest BCUT2D eigenvalue weighted by Gasteiger charge is -2.16. The van der Waals surface area contributed by atoms with Crippen molar-refractivity contribution in [1.82, 2.24) is 0 Å². The number of rotatable bonds is 1. The summed E-state index contributed by atoms with van der Waals surface area (Å²) in [6.45, 7) is 6.45. The summed E-state index contributed by atoms with van der Waals surface area (Å²) in [6, 6.07) is 28.0. The smallest absolute Gasteiger partial charge is 0.194 e. The number of carbonyl (C=O) groups excluding carboxylic acids is 1. The largest absolute Gasteiger partial charge is 0.289 e. The van der Waals surface area contributed by atoms with Crippen LogP contribution in [0.2, 0.25) is 0 Å². The summed E-state index contributed by atoms with van der Waals surface area (Å²) in [5.41, 5.74) is 15.0. The number of benzene rings is 5. The molecule has 0 saturated heterocycles. The number of fused-ring (bicyclic) bond motifs is 6. The average Bonchev–Trinajstić information content (AvgIpc) is 3.34. The molecule has 0 bridgehead atoms. The van der Waals surface area contributed by atoms with E-state index in [2.05, 4.69) is 81.4 Å². The normalized spacial score (nSPS) is 12.8. The van der Waals surface area contributed by atoms with Crippen molar-refractivity contribution in [2.75, 3.05) is 0 Å². The van der Waals surface area contributed by atoms with Crippen LogP contribution in [0.25, 0.3) is 55.3 Å². The van der Waals surface area contributed by atoms with Gasteiger partial charge in [0, 0.05) is 11.1 Å². The van der Waals surface area contributed by atoms with Gasteiger partial charge in [0.05, 0.1) is 0 Å². The van der Waals surface area contributed by atoms with E-state index in [0.717, 1.165) is 27.8 Å². The maximum Gasteiger partial charge on any atom is 0.194 e. The first-order valence-corrected chi connectivity index (χ1v) is 11.5. The Bertz CT molecular complexity index is 1680. The van der Waals surface area contributed by atoms with Gasteiger partial charge in [0.15, 0.2) is 5.78 Å². The van der Waals surface area contributed by atoms with E-state index in [0.29, 0.717) is 0 Å². The molecule has 0 spiro atoms. The molecule has 1 heteroatoms. The van der Waals surface area contributed by atoms with Gasteiger partial charge in [-0.25, -0.2) is 0 Å². The van der Waals surface area contributed by atoms with E-state index in [1.54, 1.807) is 0 Å². The Morgan fingerprint density at radius 3 is 1.82 bits per heavy atom. The quantitative estimate of drug-likeness (QED) is 0.260. The van der Waals surface area contributed by atoms with E-state index >= 15 is 0 Å². The van der Waals surface area contributed by atoms with E-state index in [9.17, 15) is 4.79 Å². The maximum atomic E-state index is 13.4. The molecule has 0 amide bonds. The summed E-state index contributed by atoms with van der Waals surface area (Å²) in [4.78, 5) is 13.4. The molecule has 0 unspecified atom stereocenters. The molecule has 5 aromatic carbocycles. The lowest BCUT2D eigenvalue weighted by atomic mass is 9.86. The molecule has 0 radical (unpaired) electrons. The first-order valence-electron chi connectivity index (χ1n) is 11.5. The second kappa shape index (κ2) is 6.30. The van der Waals surface area contributed by atoms with Crippen LogP contribution in [0.5, 0.6) is 0 Å². The number of aryl methyl sites for hydroxylation is 1. The third-order valence-electron chi connectivity index (χ3n) is 7.61. The Balaban J connectivity index is 1.58. The fourth-order valence-corrected chi connectivity index (χ4v) is 6.14. The van der Waals surface area contributed by atoms with Crippen molar-refractivity contribution in [1.29, 1.82) is 0 Å². The number of carbonyl (C=O) groups is 1. The molecule has 0 saturated carbocycles. The van der Waals surface area contributed by atoms with Gasteiger partial charge < -0.3 is 0 Å². The first-order chi connectivity index (χ1) is 16.1. The third-order valence-corrected chi connectivity index (χ3v) is 7.61. The van der Waals surface area contributed by atoms with Crippen LogP contribution in [0.3, 0.4) is 0 Å². The Kier molecular flexibility index (Phi) is 3.55. The van der Waals surface area contributed by atoms with Crippen molar-refractivity contribution in [3.8, 4) is 44.5 Å².